The SMILES string of the molecule is c1cc2sc(NC3CCCCC3)nc2c2c1CCCC2. The molecule has 0 saturated heterocycles. The van der Waals surface area contributed by atoms with E-state index in [0.29, 0.717) is 6.04 Å². The Bertz CT molecular complexity index is 611. The highest BCUT2D eigenvalue weighted by Crippen LogP contribution is 2.34. The van der Waals surface area contributed by atoms with Crippen molar-refractivity contribution in [2.75, 3.05) is 5.32 Å². The third-order valence-corrected chi connectivity index (χ3v) is 5.77. The lowest BCUT2D eigenvalue weighted by molar-refractivity contribution is 0.462. The molecule has 4 rings (SSSR count). The molecule has 106 valence electrons. The molecule has 1 aromatic carbocycles. The summed E-state index contributed by atoms with van der Waals surface area (Å²) in [5, 5.41) is 4.83. The summed E-state index contributed by atoms with van der Waals surface area (Å²) in [5.41, 5.74) is 4.35. The van der Waals surface area contributed by atoms with Crippen LogP contribution in [0.5, 0.6) is 0 Å². The fourth-order valence-corrected chi connectivity index (χ4v) is 4.68. The largest absolute Gasteiger partial charge is 0.359 e. The van der Waals surface area contributed by atoms with Crippen molar-refractivity contribution in [3.05, 3.63) is 23.3 Å². The molecule has 0 radical (unpaired) electrons. The van der Waals surface area contributed by atoms with E-state index in [1.165, 1.54) is 73.6 Å². The Morgan fingerprint density at radius 2 is 1.85 bits per heavy atom. The van der Waals surface area contributed by atoms with Crippen LogP contribution in [0.3, 0.4) is 0 Å². The molecule has 2 aliphatic carbocycles. The third-order valence-electron chi connectivity index (χ3n) is 4.82. The molecule has 2 aliphatic rings. The van der Waals surface area contributed by atoms with Gasteiger partial charge in [0.05, 0.1) is 10.2 Å². The summed E-state index contributed by atoms with van der Waals surface area (Å²) < 4.78 is 1.36. The zero-order valence-electron chi connectivity index (χ0n) is 12.0. The minimum Gasteiger partial charge on any atom is -0.359 e. The van der Waals surface area contributed by atoms with Gasteiger partial charge in [-0.2, -0.15) is 0 Å². The highest BCUT2D eigenvalue weighted by atomic mass is 32.1. The van der Waals surface area contributed by atoms with Crippen LogP contribution in [-0.4, -0.2) is 11.0 Å². The summed E-state index contributed by atoms with van der Waals surface area (Å²) >= 11 is 1.84. The van der Waals surface area contributed by atoms with E-state index >= 15 is 0 Å². The standard InChI is InChI=1S/C17H22N2S/c1-2-7-13(8-3-1)18-17-19-16-14-9-5-4-6-12(14)10-11-15(16)20-17/h10-11,13H,1-9H2,(H,18,19). The summed E-state index contributed by atoms with van der Waals surface area (Å²) in [5.74, 6) is 0. The van der Waals surface area contributed by atoms with Gasteiger partial charge in [0.2, 0.25) is 0 Å². The van der Waals surface area contributed by atoms with Crippen LogP contribution in [0, 0.1) is 0 Å². The molecule has 2 aromatic rings. The topological polar surface area (TPSA) is 24.9 Å². The molecule has 2 nitrogen and oxygen atoms in total. The molecular weight excluding hydrogens is 264 g/mol. The van der Waals surface area contributed by atoms with Gasteiger partial charge in [0.1, 0.15) is 0 Å². The molecule has 1 saturated carbocycles. The molecule has 0 amide bonds. The third kappa shape index (κ3) is 2.32. The van der Waals surface area contributed by atoms with Crippen LogP contribution in [0.15, 0.2) is 12.1 Å². The number of aryl methyl sites for hydroxylation is 2. The fourth-order valence-electron chi connectivity index (χ4n) is 3.70. The second-order valence-electron chi connectivity index (χ2n) is 6.26. The Morgan fingerprint density at radius 1 is 1.00 bits per heavy atom. The van der Waals surface area contributed by atoms with Crippen molar-refractivity contribution >= 4 is 26.7 Å². The smallest absolute Gasteiger partial charge is 0.184 e. The van der Waals surface area contributed by atoms with Crippen molar-refractivity contribution < 1.29 is 0 Å². The van der Waals surface area contributed by atoms with Crippen LogP contribution in [0.25, 0.3) is 10.2 Å². The van der Waals surface area contributed by atoms with Crippen molar-refractivity contribution in [2.24, 2.45) is 0 Å². The number of nitrogens with zero attached hydrogens (tertiary/aromatic N) is 1. The van der Waals surface area contributed by atoms with E-state index in [2.05, 4.69) is 17.4 Å². The summed E-state index contributed by atoms with van der Waals surface area (Å²) in [6, 6.07) is 5.27. The molecule has 0 spiro atoms. The Morgan fingerprint density at radius 3 is 2.75 bits per heavy atom. The van der Waals surface area contributed by atoms with Gasteiger partial charge in [-0.1, -0.05) is 36.7 Å². The molecule has 3 heteroatoms. The van der Waals surface area contributed by atoms with Crippen molar-refractivity contribution in [1.29, 1.82) is 0 Å². The number of hydrogen-bond donors (Lipinski definition) is 1. The number of aromatic nitrogens is 1. The van der Waals surface area contributed by atoms with Gasteiger partial charge < -0.3 is 5.32 Å². The first-order chi connectivity index (χ1) is 9.90. The first kappa shape index (κ1) is 12.6. The minimum atomic E-state index is 0.653. The number of thiazole rings is 1. The van der Waals surface area contributed by atoms with Crippen LogP contribution in [0.4, 0.5) is 5.13 Å². The van der Waals surface area contributed by atoms with Crippen molar-refractivity contribution in [3.63, 3.8) is 0 Å². The maximum Gasteiger partial charge on any atom is 0.184 e. The average Bonchev–Trinajstić information content (AvgIpc) is 2.91. The zero-order chi connectivity index (χ0) is 13.4. The Kier molecular flexibility index (Phi) is 3.39. The second kappa shape index (κ2) is 5.36. The molecule has 0 unspecified atom stereocenters. The molecule has 0 aliphatic heterocycles. The zero-order valence-corrected chi connectivity index (χ0v) is 12.8. The van der Waals surface area contributed by atoms with Crippen LogP contribution < -0.4 is 5.32 Å². The van der Waals surface area contributed by atoms with E-state index in [4.69, 9.17) is 4.98 Å². The lowest BCUT2D eigenvalue weighted by Gasteiger charge is -2.22. The van der Waals surface area contributed by atoms with Gasteiger partial charge in [0, 0.05) is 6.04 Å². The molecule has 1 aromatic heterocycles. The first-order valence-electron chi connectivity index (χ1n) is 8.08. The van der Waals surface area contributed by atoms with E-state index in [1.54, 1.807) is 5.56 Å². The molecule has 1 heterocycles. The van der Waals surface area contributed by atoms with Gasteiger partial charge in [0.15, 0.2) is 5.13 Å². The first-order valence-corrected chi connectivity index (χ1v) is 8.89. The highest BCUT2D eigenvalue weighted by molar-refractivity contribution is 7.22. The average molecular weight is 286 g/mol. The van der Waals surface area contributed by atoms with E-state index < -0.39 is 0 Å². The quantitative estimate of drug-likeness (QED) is 0.847. The lowest BCUT2D eigenvalue weighted by atomic mass is 9.91. The normalized spacial score (nSPS) is 20.0. The van der Waals surface area contributed by atoms with E-state index in [0.717, 1.165) is 5.13 Å². The van der Waals surface area contributed by atoms with Crippen LogP contribution in [0.1, 0.15) is 56.1 Å². The Hall–Kier alpha value is -1.09. The monoisotopic (exact) mass is 286 g/mol. The summed E-state index contributed by atoms with van der Waals surface area (Å²) in [6.07, 6.45) is 11.9. The van der Waals surface area contributed by atoms with Crippen LogP contribution in [0.2, 0.25) is 0 Å². The highest BCUT2D eigenvalue weighted by Gasteiger charge is 2.18. The predicted molar refractivity (Wildman–Crippen MR) is 86.8 cm³/mol. The predicted octanol–water partition coefficient (Wildman–Crippen LogP) is 4.92. The van der Waals surface area contributed by atoms with Crippen LogP contribution >= 0.6 is 11.3 Å². The van der Waals surface area contributed by atoms with Gasteiger partial charge in [-0.15, -0.1) is 0 Å². The number of hydrogen-bond acceptors (Lipinski definition) is 3. The van der Waals surface area contributed by atoms with E-state index in [1.807, 2.05) is 11.3 Å². The van der Waals surface area contributed by atoms with Gasteiger partial charge in [-0.3, -0.25) is 0 Å². The Balaban J connectivity index is 1.64. The fraction of sp³-hybridized carbons (Fsp3) is 0.588. The van der Waals surface area contributed by atoms with E-state index in [-0.39, 0.29) is 0 Å². The number of rotatable bonds is 2. The van der Waals surface area contributed by atoms with Crippen LogP contribution in [-0.2, 0) is 12.8 Å². The molecule has 0 atom stereocenters. The van der Waals surface area contributed by atoms with Crippen molar-refractivity contribution in [2.45, 2.75) is 63.8 Å². The molecular formula is C17H22N2S. The number of nitrogens with one attached hydrogen (secondary N) is 1. The summed E-state index contributed by atoms with van der Waals surface area (Å²) in [4.78, 5) is 4.93. The van der Waals surface area contributed by atoms with Gasteiger partial charge >= 0.3 is 0 Å². The molecule has 20 heavy (non-hydrogen) atoms. The minimum absolute atomic E-state index is 0.653. The number of fused-ring (bicyclic) bond motifs is 3. The maximum absolute atomic E-state index is 4.93. The summed E-state index contributed by atoms with van der Waals surface area (Å²) in [6.45, 7) is 0. The summed E-state index contributed by atoms with van der Waals surface area (Å²) in [7, 11) is 0. The number of benzene rings is 1. The molecule has 1 fully saturated rings. The van der Waals surface area contributed by atoms with E-state index in [9.17, 15) is 0 Å². The maximum atomic E-state index is 4.93. The number of anilines is 1. The van der Waals surface area contributed by atoms with Crippen molar-refractivity contribution in [1.82, 2.24) is 4.98 Å². The van der Waals surface area contributed by atoms with Gasteiger partial charge in [-0.25, -0.2) is 4.98 Å². The Labute approximate surface area is 124 Å². The van der Waals surface area contributed by atoms with Gasteiger partial charge in [-0.05, 0) is 55.7 Å². The van der Waals surface area contributed by atoms with Gasteiger partial charge in [0.25, 0.3) is 0 Å². The van der Waals surface area contributed by atoms with Crippen molar-refractivity contribution in [3.8, 4) is 0 Å². The molecule has 0 bridgehead atoms. The second-order valence-corrected chi connectivity index (χ2v) is 7.29. The molecule has 1 N–H and O–H groups in total. The lowest BCUT2D eigenvalue weighted by Crippen LogP contribution is -2.21.